The van der Waals surface area contributed by atoms with Crippen molar-refractivity contribution in [2.75, 3.05) is 5.32 Å². The third kappa shape index (κ3) is 5.13. The molecule has 33 heavy (non-hydrogen) atoms. The first-order chi connectivity index (χ1) is 16.1. The van der Waals surface area contributed by atoms with Crippen molar-refractivity contribution in [1.29, 1.82) is 0 Å². The fourth-order valence-corrected chi connectivity index (χ4v) is 4.37. The number of amides is 1. The van der Waals surface area contributed by atoms with Crippen molar-refractivity contribution in [2.24, 2.45) is 0 Å². The van der Waals surface area contributed by atoms with Gasteiger partial charge in [-0.25, -0.2) is 0 Å². The lowest BCUT2D eigenvalue weighted by Crippen LogP contribution is -2.09. The molecule has 0 spiro atoms. The summed E-state index contributed by atoms with van der Waals surface area (Å²) in [6, 6.07) is 24.4. The molecule has 0 bridgehead atoms. The fraction of sp³-hybridized carbons (Fsp3) is 0.111. The maximum Gasteiger partial charge on any atom is 0.265 e. The molecule has 1 amide bonds. The molecule has 0 radical (unpaired) electrons. The van der Waals surface area contributed by atoms with Gasteiger partial charge in [0, 0.05) is 11.8 Å². The number of hydrogen-bond donors (Lipinski definition) is 1. The standard InChI is InChI=1S/C27H23N3O2S/c1-19-6-8-20(9-7-19)15-30-16-24(14-28-30)29-27(31)26-12-21(18-33-26)17-32-25-11-10-22-4-2-3-5-23(22)13-25/h2-14,16,18H,15,17H2,1H3,(H,29,31). The van der Waals surface area contributed by atoms with Crippen LogP contribution in [0.2, 0.25) is 0 Å². The number of thiophene rings is 1. The lowest BCUT2D eigenvalue weighted by atomic mass is 10.1. The minimum Gasteiger partial charge on any atom is -0.489 e. The Bertz CT molecular complexity index is 1400. The first kappa shape index (κ1) is 21.0. The van der Waals surface area contributed by atoms with Crippen LogP contribution in [-0.2, 0) is 13.2 Å². The van der Waals surface area contributed by atoms with Crippen molar-refractivity contribution in [1.82, 2.24) is 9.78 Å². The molecule has 0 unspecified atom stereocenters. The molecule has 5 rings (SSSR count). The van der Waals surface area contributed by atoms with Crippen molar-refractivity contribution in [3.8, 4) is 5.75 Å². The Hall–Kier alpha value is -3.90. The van der Waals surface area contributed by atoms with Crippen LogP contribution in [-0.4, -0.2) is 15.7 Å². The molecule has 2 aromatic heterocycles. The van der Waals surface area contributed by atoms with E-state index in [0.29, 0.717) is 23.7 Å². The zero-order valence-electron chi connectivity index (χ0n) is 18.2. The molecule has 0 atom stereocenters. The van der Waals surface area contributed by atoms with Gasteiger partial charge in [0.15, 0.2) is 0 Å². The lowest BCUT2D eigenvalue weighted by Gasteiger charge is -2.06. The number of benzene rings is 3. The third-order valence-corrected chi connectivity index (χ3v) is 6.34. The van der Waals surface area contributed by atoms with E-state index < -0.39 is 0 Å². The second-order valence-corrected chi connectivity index (χ2v) is 8.89. The first-order valence-corrected chi connectivity index (χ1v) is 11.6. The molecular weight excluding hydrogens is 430 g/mol. The number of nitrogens with one attached hydrogen (secondary N) is 1. The van der Waals surface area contributed by atoms with Crippen LogP contribution < -0.4 is 10.1 Å². The zero-order valence-corrected chi connectivity index (χ0v) is 19.0. The second kappa shape index (κ2) is 9.30. The average Bonchev–Trinajstić information content (AvgIpc) is 3.49. The summed E-state index contributed by atoms with van der Waals surface area (Å²) in [5.74, 6) is 0.665. The Kier molecular flexibility index (Phi) is 5.91. The zero-order chi connectivity index (χ0) is 22.6. The number of nitrogens with zero attached hydrogens (tertiary/aromatic N) is 2. The molecule has 6 heteroatoms. The van der Waals surface area contributed by atoms with Gasteiger partial charge >= 0.3 is 0 Å². The normalized spacial score (nSPS) is 10.9. The maximum atomic E-state index is 12.7. The Morgan fingerprint density at radius 3 is 2.67 bits per heavy atom. The van der Waals surface area contributed by atoms with E-state index in [9.17, 15) is 4.79 Å². The van der Waals surface area contributed by atoms with Gasteiger partial charge in [-0.1, -0.05) is 60.2 Å². The van der Waals surface area contributed by atoms with Gasteiger partial charge in [0.25, 0.3) is 5.91 Å². The highest BCUT2D eigenvalue weighted by Gasteiger charge is 2.11. The van der Waals surface area contributed by atoms with E-state index >= 15 is 0 Å². The van der Waals surface area contributed by atoms with Crippen molar-refractivity contribution in [3.63, 3.8) is 0 Å². The molecule has 0 saturated heterocycles. The summed E-state index contributed by atoms with van der Waals surface area (Å²) >= 11 is 1.41. The molecule has 3 aromatic carbocycles. The Morgan fingerprint density at radius 2 is 1.82 bits per heavy atom. The van der Waals surface area contributed by atoms with Crippen LogP contribution in [0.1, 0.15) is 26.4 Å². The predicted octanol–water partition coefficient (Wildman–Crippen LogP) is 6.29. The molecule has 0 saturated carbocycles. The van der Waals surface area contributed by atoms with Gasteiger partial charge in [0.2, 0.25) is 0 Å². The number of carbonyl (C=O) groups is 1. The molecule has 5 aromatic rings. The summed E-state index contributed by atoms with van der Waals surface area (Å²) in [5, 5.41) is 11.6. The van der Waals surface area contributed by atoms with E-state index in [1.54, 1.807) is 6.20 Å². The summed E-state index contributed by atoms with van der Waals surface area (Å²) < 4.78 is 7.76. The largest absolute Gasteiger partial charge is 0.489 e. The Morgan fingerprint density at radius 1 is 1.00 bits per heavy atom. The number of ether oxygens (including phenoxy) is 1. The molecule has 0 fully saturated rings. The summed E-state index contributed by atoms with van der Waals surface area (Å²) in [5.41, 5.74) is 4.03. The Balaban J connectivity index is 1.18. The molecule has 164 valence electrons. The summed E-state index contributed by atoms with van der Waals surface area (Å²) in [6.07, 6.45) is 3.51. The van der Waals surface area contributed by atoms with Crippen LogP contribution in [0.3, 0.4) is 0 Å². The molecule has 2 heterocycles. The second-order valence-electron chi connectivity index (χ2n) is 7.98. The van der Waals surface area contributed by atoms with Crippen LogP contribution in [0.25, 0.3) is 10.8 Å². The van der Waals surface area contributed by atoms with Crippen LogP contribution in [0.5, 0.6) is 5.75 Å². The molecule has 0 aliphatic rings. The number of aryl methyl sites for hydroxylation is 1. The van der Waals surface area contributed by atoms with Crippen molar-refractivity contribution in [2.45, 2.75) is 20.1 Å². The fourth-order valence-electron chi connectivity index (χ4n) is 3.58. The number of hydrogen-bond acceptors (Lipinski definition) is 4. The van der Waals surface area contributed by atoms with Gasteiger partial charge < -0.3 is 10.1 Å². The number of carbonyl (C=O) groups excluding carboxylic acids is 1. The van der Waals surface area contributed by atoms with Gasteiger partial charge in [0.1, 0.15) is 12.4 Å². The van der Waals surface area contributed by atoms with E-state index in [1.807, 2.05) is 46.6 Å². The van der Waals surface area contributed by atoms with Gasteiger partial charge in [-0.2, -0.15) is 5.10 Å². The quantitative estimate of drug-likeness (QED) is 0.315. The van der Waals surface area contributed by atoms with Gasteiger partial charge in [-0.05, 0) is 46.8 Å². The topological polar surface area (TPSA) is 56.2 Å². The van der Waals surface area contributed by atoms with Crippen LogP contribution in [0.15, 0.2) is 90.6 Å². The summed E-state index contributed by atoms with van der Waals surface area (Å²) in [4.78, 5) is 13.3. The highest BCUT2D eigenvalue weighted by atomic mass is 32.1. The van der Waals surface area contributed by atoms with Crippen LogP contribution >= 0.6 is 11.3 Å². The number of rotatable bonds is 7. The third-order valence-electron chi connectivity index (χ3n) is 5.36. The summed E-state index contributed by atoms with van der Waals surface area (Å²) in [6.45, 7) is 3.14. The monoisotopic (exact) mass is 453 g/mol. The maximum absolute atomic E-state index is 12.7. The molecule has 0 aliphatic carbocycles. The molecule has 1 N–H and O–H groups in total. The van der Waals surface area contributed by atoms with Crippen molar-refractivity contribution >= 4 is 33.7 Å². The predicted molar refractivity (Wildman–Crippen MR) is 133 cm³/mol. The number of fused-ring (bicyclic) bond motifs is 1. The van der Waals surface area contributed by atoms with Gasteiger partial charge in [-0.15, -0.1) is 11.3 Å². The van der Waals surface area contributed by atoms with E-state index in [1.165, 1.54) is 22.3 Å². The molecule has 0 aliphatic heterocycles. The van der Waals surface area contributed by atoms with Crippen molar-refractivity contribution < 1.29 is 9.53 Å². The number of aromatic nitrogens is 2. The average molecular weight is 454 g/mol. The lowest BCUT2D eigenvalue weighted by molar-refractivity contribution is 0.103. The van der Waals surface area contributed by atoms with Gasteiger partial charge in [0.05, 0.1) is 23.3 Å². The smallest absolute Gasteiger partial charge is 0.265 e. The molecule has 5 nitrogen and oxygen atoms in total. The van der Waals surface area contributed by atoms with E-state index in [0.717, 1.165) is 22.3 Å². The highest BCUT2D eigenvalue weighted by molar-refractivity contribution is 7.12. The SMILES string of the molecule is Cc1ccc(Cn2cc(NC(=O)c3cc(COc4ccc5ccccc5c4)cs3)cn2)cc1. The van der Waals surface area contributed by atoms with E-state index in [2.05, 4.69) is 59.8 Å². The van der Waals surface area contributed by atoms with Crippen LogP contribution in [0, 0.1) is 6.92 Å². The van der Waals surface area contributed by atoms with Gasteiger partial charge in [-0.3, -0.25) is 9.48 Å². The highest BCUT2D eigenvalue weighted by Crippen LogP contribution is 2.23. The minimum atomic E-state index is -0.146. The summed E-state index contributed by atoms with van der Waals surface area (Å²) in [7, 11) is 0. The Labute approximate surface area is 196 Å². The molecular formula is C27H23N3O2S. The number of anilines is 1. The van der Waals surface area contributed by atoms with E-state index in [4.69, 9.17) is 4.74 Å². The minimum absolute atomic E-state index is 0.146. The van der Waals surface area contributed by atoms with Crippen molar-refractivity contribution in [3.05, 3.63) is 112 Å². The van der Waals surface area contributed by atoms with E-state index in [-0.39, 0.29) is 5.91 Å². The first-order valence-electron chi connectivity index (χ1n) is 10.7. The van der Waals surface area contributed by atoms with Crippen LogP contribution in [0.4, 0.5) is 5.69 Å².